The van der Waals surface area contributed by atoms with E-state index in [-0.39, 0.29) is 0 Å². The van der Waals surface area contributed by atoms with E-state index in [1.165, 1.54) is 0 Å². The maximum Gasteiger partial charge on any atom is 0.155 e. The summed E-state index contributed by atoms with van der Waals surface area (Å²) >= 11 is 6.01. The van der Waals surface area contributed by atoms with E-state index in [2.05, 4.69) is 10.1 Å². The number of hydrogen-bond acceptors (Lipinski definition) is 2. The van der Waals surface area contributed by atoms with Crippen LogP contribution in [0.25, 0.3) is 16.6 Å². The van der Waals surface area contributed by atoms with Gasteiger partial charge in [0.2, 0.25) is 0 Å². The Morgan fingerprint density at radius 1 is 1.07 bits per heavy atom. The van der Waals surface area contributed by atoms with Gasteiger partial charge in [0, 0.05) is 0 Å². The quantitative estimate of drug-likeness (QED) is 0.562. The number of nitrogens with zero attached hydrogens (tertiary/aromatic N) is 3. The maximum absolute atomic E-state index is 6.01. The molecule has 3 aromatic rings. The molecule has 0 fully saturated rings. The summed E-state index contributed by atoms with van der Waals surface area (Å²) in [6.45, 7) is 0. The number of hydrogen-bond donors (Lipinski definition) is 0. The lowest BCUT2D eigenvalue weighted by molar-refractivity contribution is 0.995. The van der Waals surface area contributed by atoms with Crippen molar-refractivity contribution in [3.05, 3.63) is 41.7 Å². The molecule has 0 unspecified atom stereocenters. The van der Waals surface area contributed by atoms with Gasteiger partial charge < -0.3 is 0 Å². The molecule has 68 valence electrons. The molecule has 2 heterocycles. The number of fused-ring (bicyclic) bond motifs is 3. The molecule has 0 bridgehead atoms. The molecular weight excluding hydrogens is 198 g/mol. The predicted molar refractivity (Wildman–Crippen MR) is 55.5 cm³/mol. The molecule has 0 saturated heterocycles. The minimum Gasteiger partial charge on any atom is -0.232 e. The van der Waals surface area contributed by atoms with Crippen molar-refractivity contribution in [3.8, 4) is 0 Å². The van der Waals surface area contributed by atoms with Crippen LogP contribution in [0, 0.1) is 0 Å². The molecule has 0 amide bonds. The normalized spacial score (nSPS) is 11.2. The molecule has 0 N–H and O–H groups in total. The molecule has 2 aromatic heterocycles. The molecular formula is C10H6ClN3. The fraction of sp³-hybridized carbons (Fsp3) is 0. The number of halogens is 1. The first-order valence-corrected chi connectivity index (χ1v) is 4.62. The lowest BCUT2D eigenvalue weighted by atomic mass is 10.3. The molecule has 0 aliphatic heterocycles. The third-order valence-corrected chi connectivity index (χ3v) is 2.46. The van der Waals surface area contributed by atoms with E-state index >= 15 is 0 Å². The monoisotopic (exact) mass is 203 g/mol. The number of aromatic nitrogens is 3. The highest BCUT2D eigenvalue weighted by Gasteiger charge is 2.05. The molecule has 1 aromatic carbocycles. The van der Waals surface area contributed by atoms with Gasteiger partial charge in [-0.3, -0.25) is 0 Å². The molecule has 0 aliphatic rings. The second kappa shape index (κ2) is 2.69. The Labute approximate surface area is 84.9 Å². The highest BCUT2D eigenvalue weighted by atomic mass is 35.5. The van der Waals surface area contributed by atoms with Crippen molar-refractivity contribution in [1.29, 1.82) is 0 Å². The molecule has 0 spiro atoms. The van der Waals surface area contributed by atoms with Crippen LogP contribution in [0.1, 0.15) is 0 Å². The van der Waals surface area contributed by atoms with Crippen LogP contribution in [-0.4, -0.2) is 14.6 Å². The molecule has 0 radical (unpaired) electrons. The van der Waals surface area contributed by atoms with Gasteiger partial charge in [-0.15, -0.1) is 0 Å². The van der Waals surface area contributed by atoms with Crippen molar-refractivity contribution in [2.24, 2.45) is 0 Å². The second-order valence-electron chi connectivity index (χ2n) is 3.02. The highest BCUT2D eigenvalue weighted by molar-refractivity contribution is 6.33. The fourth-order valence-electron chi connectivity index (χ4n) is 1.55. The number of benzene rings is 1. The smallest absolute Gasteiger partial charge is 0.155 e. The molecule has 4 heteroatoms. The van der Waals surface area contributed by atoms with Crippen LogP contribution in [-0.2, 0) is 0 Å². The number of para-hydroxylation sites is 2. The second-order valence-corrected chi connectivity index (χ2v) is 3.38. The number of rotatable bonds is 0. The Balaban J connectivity index is 2.66. The Kier molecular flexibility index (Phi) is 1.49. The van der Waals surface area contributed by atoms with Crippen LogP contribution in [0.4, 0.5) is 0 Å². The van der Waals surface area contributed by atoms with E-state index in [0.717, 1.165) is 16.6 Å². The third-order valence-electron chi connectivity index (χ3n) is 2.18. The summed E-state index contributed by atoms with van der Waals surface area (Å²) in [4.78, 5) is 4.28. The zero-order valence-corrected chi connectivity index (χ0v) is 7.94. The zero-order chi connectivity index (χ0) is 9.54. The van der Waals surface area contributed by atoms with Crippen LogP contribution in [0.5, 0.6) is 0 Å². The van der Waals surface area contributed by atoms with Gasteiger partial charge in [-0.2, -0.15) is 5.10 Å². The minimum absolute atomic E-state index is 0.487. The van der Waals surface area contributed by atoms with Crippen molar-refractivity contribution in [1.82, 2.24) is 14.6 Å². The first kappa shape index (κ1) is 7.76. The molecule has 3 rings (SSSR count). The lowest BCUT2D eigenvalue weighted by Gasteiger charge is -2.01. The summed E-state index contributed by atoms with van der Waals surface area (Å²) in [5.41, 5.74) is 2.66. The van der Waals surface area contributed by atoms with Crippen LogP contribution in [0.15, 0.2) is 36.5 Å². The standard InChI is InChI=1S/C10H6ClN3/c11-10-9-5-6-12-14(9)8-4-2-1-3-7(8)13-10/h1-6H. The van der Waals surface area contributed by atoms with E-state index in [0.29, 0.717) is 5.15 Å². The Morgan fingerprint density at radius 2 is 1.93 bits per heavy atom. The lowest BCUT2D eigenvalue weighted by Crippen LogP contribution is -1.93. The van der Waals surface area contributed by atoms with Crippen molar-refractivity contribution in [3.63, 3.8) is 0 Å². The van der Waals surface area contributed by atoms with Gasteiger partial charge in [-0.1, -0.05) is 23.7 Å². The summed E-state index contributed by atoms with van der Waals surface area (Å²) < 4.78 is 1.80. The van der Waals surface area contributed by atoms with Crippen LogP contribution < -0.4 is 0 Å². The highest BCUT2D eigenvalue weighted by Crippen LogP contribution is 2.20. The van der Waals surface area contributed by atoms with Gasteiger partial charge in [0.25, 0.3) is 0 Å². The van der Waals surface area contributed by atoms with Gasteiger partial charge in [0.1, 0.15) is 5.52 Å². The van der Waals surface area contributed by atoms with Crippen molar-refractivity contribution in [2.45, 2.75) is 0 Å². The van der Waals surface area contributed by atoms with E-state index < -0.39 is 0 Å². The fourth-order valence-corrected chi connectivity index (χ4v) is 1.79. The van der Waals surface area contributed by atoms with Gasteiger partial charge in [-0.05, 0) is 18.2 Å². The van der Waals surface area contributed by atoms with Gasteiger partial charge in [0.15, 0.2) is 5.15 Å². The van der Waals surface area contributed by atoms with Gasteiger partial charge in [-0.25, -0.2) is 9.50 Å². The van der Waals surface area contributed by atoms with Gasteiger partial charge >= 0.3 is 0 Å². The van der Waals surface area contributed by atoms with Crippen molar-refractivity contribution >= 4 is 28.2 Å². The average Bonchev–Trinajstić information content (AvgIpc) is 2.67. The molecule has 0 aliphatic carbocycles. The average molecular weight is 204 g/mol. The summed E-state index contributed by atoms with van der Waals surface area (Å²) in [6, 6.07) is 9.63. The van der Waals surface area contributed by atoms with E-state index in [9.17, 15) is 0 Å². The van der Waals surface area contributed by atoms with E-state index in [1.807, 2.05) is 30.3 Å². The Hall–Kier alpha value is -1.61. The summed E-state index contributed by atoms with van der Waals surface area (Å²) in [7, 11) is 0. The molecule has 3 nitrogen and oxygen atoms in total. The van der Waals surface area contributed by atoms with Crippen LogP contribution >= 0.6 is 11.6 Å². The summed E-state index contributed by atoms with van der Waals surface area (Å²) in [6.07, 6.45) is 1.72. The van der Waals surface area contributed by atoms with Gasteiger partial charge in [0.05, 0.1) is 17.2 Å². The van der Waals surface area contributed by atoms with E-state index in [1.54, 1.807) is 10.7 Å². The van der Waals surface area contributed by atoms with Crippen molar-refractivity contribution in [2.75, 3.05) is 0 Å². The van der Waals surface area contributed by atoms with Crippen LogP contribution in [0.3, 0.4) is 0 Å². The largest absolute Gasteiger partial charge is 0.232 e. The SMILES string of the molecule is Clc1nc2ccccc2n2nccc12. The zero-order valence-electron chi connectivity index (χ0n) is 7.18. The molecule has 14 heavy (non-hydrogen) atoms. The summed E-state index contributed by atoms with van der Waals surface area (Å²) in [5, 5.41) is 4.69. The summed E-state index contributed by atoms with van der Waals surface area (Å²) in [5.74, 6) is 0. The predicted octanol–water partition coefficient (Wildman–Crippen LogP) is 2.54. The first-order chi connectivity index (χ1) is 6.86. The topological polar surface area (TPSA) is 30.2 Å². The third kappa shape index (κ3) is 0.930. The van der Waals surface area contributed by atoms with Crippen LogP contribution in [0.2, 0.25) is 5.15 Å². The Bertz CT molecular complexity index is 615. The Morgan fingerprint density at radius 3 is 2.86 bits per heavy atom. The molecule has 0 saturated carbocycles. The first-order valence-electron chi connectivity index (χ1n) is 4.24. The molecule has 0 atom stereocenters. The van der Waals surface area contributed by atoms with E-state index in [4.69, 9.17) is 11.6 Å². The van der Waals surface area contributed by atoms with Crippen molar-refractivity contribution < 1.29 is 0 Å². The minimum atomic E-state index is 0.487. The maximum atomic E-state index is 6.01.